The van der Waals surface area contributed by atoms with Gasteiger partial charge in [-0.1, -0.05) is 31.9 Å². The van der Waals surface area contributed by atoms with E-state index in [1.165, 1.54) is 24.8 Å². The lowest BCUT2D eigenvalue weighted by Crippen LogP contribution is -2.21. The summed E-state index contributed by atoms with van der Waals surface area (Å²) in [6, 6.07) is 9.07. The number of rotatable bonds is 7. The molecule has 1 aromatic carbocycles. The van der Waals surface area contributed by atoms with Gasteiger partial charge in [0.1, 0.15) is 5.75 Å². The summed E-state index contributed by atoms with van der Waals surface area (Å²) in [4.78, 5) is 0. The summed E-state index contributed by atoms with van der Waals surface area (Å²) < 4.78 is 5.47. The van der Waals surface area contributed by atoms with E-state index in [9.17, 15) is 0 Å². The third-order valence-electron chi connectivity index (χ3n) is 3.31. The first-order chi connectivity index (χ1) is 8.33. The Morgan fingerprint density at radius 1 is 1.24 bits per heavy atom. The van der Waals surface area contributed by atoms with E-state index in [-0.39, 0.29) is 0 Å². The molecule has 1 aromatic rings. The quantitative estimate of drug-likeness (QED) is 0.778. The molecule has 2 heteroatoms. The summed E-state index contributed by atoms with van der Waals surface area (Å²) in [5.74, 6) is 1.92. The molecule has 1 aliphatic rings. The zero-order chi connectivity index (χ0) is 12.1. The van der Waals surface area contributed by atoms with Crippen molar-refractivity contribution in [3.63, 3.8) is 0 Å². The third kappa shape index (κ3) is 3.74. The molecule has 0 heterocycles. The molecule has 0 radical (unpaired) electrons. The van der Waals surface area contributed by atoms with Crippen LogP contribution in [0.1, 0.15) is 44.7 Å². The maximum atomic E-state index is 5.47. The smallest absolute Gasteiger partial charge is 0.119 e. The van der Waals surface area contributed by atoms with E-state index in [4.69, 9.17) is 4.74 Å². The van der Waals surface area contributed by atoms with Gasteiger partial charge >= 0.3 is 0 Å². The Balaban J connectivity index is 2.00. The fourth-order valence-electron chi connectivity index (χ4n) is 2.23. The maximum Gasteiger partial charge on any atom is 0.119 e. The minimum absolute atomic E-state index is 0.517. The van der Waals surface area contributed by atoms with Crippen molar-refractivity contribution in [2.24, 2.45) is 5.92 Å². The highest BCUT2D eigenvalue weighted by atomic mass is 16.5. The summed E-state index contributed by atoms with van der Waals surface area (Å²) >= 11 is 0. The fourth-order valence-corrected chi connectivity index (χ4v) is 2.23. The molecule has 1 aliphatic carbocycles. The molecule has 94 valence electrons. The van der Waals surface area contributed by atoms with Gasteiger partial charge in [-0.05, 0) is 43.5 Å². The van der Waals surface area contributed by atoms with Crippen LogP contribution in [0.15, 0.2) is 24.3 Å². The van der Waals surface area contributed by atoms with Crippen molar-refractivity contribution in [2.75, 3.05) is 13.2 Å². The molecule has 0 aliphatic heterocycles. The number of benzene rings is 1. The van der Waals surface area contributed by atoms with Crippen LogP contribution in [-0.2, 0) is 0 Å². The van der Waals surface area contributed by atoms with Crippen LogP contribution >= 0.6 is 0 Å². The van der Waals surface area contributed by atoms with Crippen LogP contribution in [0.2, 0.25) is 0 Å². The van der Waals surface area contributed by atoms with E-state index in [2.05, 4.69) is 36.5 Å². The lowest BCUT2D eigenvalue weighted by molar-refractivity contribution is 0.340. The number of ether oxygens (including phenoxy) is 1. The predicted molar refractivity (Wildman–Crippen MR) is 71.4 cm³/mol. The van der Waals surface area contributed by atoms with Gasteiger partial charge in [-0.25, -0.2) is 0 Å². The Labute approximate surface area is 104 Å². The summed E-state index contributed by atoms with van der Waals surface area (Å²) in [7, 11) is 0. The van der Waals surface area contributed by atoms with Crippen LogP contribution in [0.3, 0.4) is 0 Å². The Morgan fingerprint density at radius 3 is 2.47 bits per heavy atom. The summed E-state index contributed by atoms with van der Waals surface area (Å²) in [5.41, 5.74) is 1.39. The van der Waals surface area contributed by atoms with Gasteiger partial charge in [-0.15, -0.1) is 0 Å². The van der Waals surface area contributed by atoms with E-state index in [1.807, 2.05) is 6.92 Å². The minimum atomic E-state index is 0.517. The lowest BCUT2D eigenvalue weighted by Gasteiger charge is -2.18. The van der Waals surface area contributed by atoms with Crippen molar-refractivity contribution < 1.29 is 4.74 Å². The highest BCUT2D eigenvalue weighted by molar-refractivity contribution is 5.29. The zero-order valence-corrected chi connectivity index (χ0v) is 10.9. The van der Waals surface area contributed by atoms with E-state index >= 15 is 0 Å². The molecule has 1 fully saturated rings. The molecule has 17 heavy (non-hydrogen) atoms. The van der Waals surface area contributed by atoms with Gasteiger partial charge in [-0.3, -0.25) is 0 Å². The van der Waals surface area contributed by atoms with Gasteiger partial charge in [0.15, 0.2) is 0 Å². The number of hydrogen-bond donors (Lipinski definition) is 1. The Kier molecular flexibility index (Phi) is 4.43. The molecular weight excluding hydrogens is 210 g/mol. The van der Waals surface area contributed by atoms with Crippen LogP contribution in [0.5, 0.6) is 5.75 Å². The maximum absolute atomic E-state index is 5.47. The number of nitrogens with one attached hydrogen (secondary N) is 1. The largest absolute Gasteiger partial charge is 0.494 e. The SMILES string of the molecule is CCNC(CC1CC1)c1ccc(OCC)cc1. The molecule has 1 saturated carbocycles. The van der Waals surface area contributed by atoms with Gasteiger partial charge in [0, 0.05) is 6.04 Å². The Morgan fingerprint density at radius 2 is 1.94 bits per heavy atom. The topological polar surface area (TPSA) is 21.3 Å². The van der Waals surface area contributed by atoms with E-state index in [0.29, 0.717) is 6.04 Å². The second-order valence-electron chi connectivity index (χ2n) is 4.79. The molecule has 1 atom stereocenters. The first-order valence-electron chi connectivity index (χ1n) is 6.79. The molecule has 0 saturated heterocycles. The van der Waals surface area contributed by atoms with Crippen molar-refractivity contribution in [1.29, 1.82) is 0 Å². The second kappa shape index (κ2) is 6.06. The minimum Gasteiger partial charge on any atom is -0.494 e. The molecule has 1 unspecified atom stereocenters. The normalized spacial score (nSPS) is 16.8. The third-order valence-corrected chi connectivity index (χ3v) is 3.31. The summed E-state index contributed by atoms with van der Waals surface area (Å²) in [6.07, 6.45) is 4.11. The summed E-state index contributed by atoms with van der Waals surface area (Å²) in [5, 5.41) is 3.58. The molecule has 0 amide bonds. The highest BCUT2D eigenvalue weighted by Gasteiger charge is 2.25. The number of hydrogen-bond acceptors (Lipinski definition) is 2. The molecule has 0 bridgehead atoms. The van der Waals surface area contributed by atoms with Crippen LogP contribution in [-0.4, -0.2) is 13.2 Å². The molecule has 2 nitrogen and oxygen atoms in total. The molecule has 2 rings (SSSR count). The first-order valence-corrected chi connectivity index (χ1v) is 6.79. The Bertz CT molecular complexity index is 329. The first kappa shape index (κ1) is 12.4. The van der Waals surface area contributed by atoms with Gasteiger partial charge < -0.3 is 10.1 Å². The van der Waals surface area contributed by atoms with E-state index < -0.39 is 0 Å². The lowest BCUT2D eigenvalue weighted by atomic mass is 10.0. The van der Waals surface area contributed by atoms with Crippen LogP contribution in [0, 0.1) is 5.92 Å². The second-order valence-corrected chi connectivity index (χ2v) is 4.79. The van der Waals surface area contributed by atoms with E-state index in [1.54, 1.807) is 0 Å². The molecule has 0 aromatic heterocycles. The van der Waals surface area contributed by atoms with Gasteiger partial charge in [0.25, 0.3) is 0 Å². The fraction of sp³-hybridized carbons (Fsp3) is 0.600. The average Bonchev–Trinajstić information content (AvgIpc) is 3.14. The van der Waals surface area contributed by atoms with Crippen LogP contribution < -0.4 is 10.1 Å². The molecule has 1 N–H and O–H groups in total. The van der Waals surface area contributed by atoms with Gasteiger partial charge in [0.2, 0.25) is 0 Å². The van der Waals surface area contributed by atoms with Crippen molar-refractivity contribution in [1.82, 2.24) is 5.32 Å². The van der Waals surface area contributed by atoms with Gasteiger partial charge in [0.05, 0.1) is 6.61 Å². The molecule has 0 spiro atoms. The van der Waals surface area contributed by atoms with Crippen molar-refractivity contribution in [2.45, 2.75) is 39.2 Å². The van der Waals surface area contributed by atoms with Crippen LogP contribution in [0.25, 0.3) is 0 Å². The van der Waals surface area contributed by atoms with Crippen molar-refractivity contribution in [3.8, 4) is 5.75 Å². The highest BCUT2D eigenvalue weighted by Crippen LogP contribution is 2.37. The van der Waals surface area contributed by atoms with Crippen molar-refractivity contribution in [3.05, 3.63) is 29.8 Å². The molecular formula is C15H23NO. The average molecular weight is 233 g/mol. The van der Waals surface area contributed by atoms with Crippen molar-refractivity contribution >= 4 is 0 Å². The Hall–Kier alpha value is -1.02. The zero-order valence-electron chi connectivity index (χ0n) is 10.9. The monoisotopic (exact) mass is 233 g/mol. The summed E-state index contributed by atoms with van der Waals surface area (Å²) in [6.45, 7) is 5.96. The standard InChI is InChI=1S/C15H23NO/c1-3-16-15(11-12-5-6-12)13-7-9-14(10-8-13)17-4-2/h7-10,12,15-16H,3-6,11H2,1-2H3. The van der Waals surface area contributed by atoms with Gasteiger partial charge in [-0.2, -0.15) is 0 Å². The van der Waals surface area contributed by atoms with E-state index in [0.717, 1.165) is 24.8 Å². The van der Waals surface area contributed by atoms with Crippen LogP contribution in [0.4, 0.5) is 0 Å². The predicted octanol–water partition coefficient (Wildman–Crippen LogP) is 3.54.